The van der Waals surface area contributed by atoms with Gasteiger partial charge in [0.25, 0.3) is 0 Å². The maximum absolute atomic E-state index is 10.9. The fraction of sp³-hybridized carbons (Fsp3) is 0.700. The molecule has 3 nitrogen and oxygen atoms in total. The van der Waals surface area contributed by atoms with E-state index in [0.717, 1.165) is 25.1 Å². The highest BCUT2D eigenvalue weighted by Gasteiger charge is 2.20. The Hall–Kier alpha value is -0.830. The number of nitrogens with one attached hydrogen (secondary N) is 1. The molecule has 0 radical (unpaired) electrons. The van der Waals surface area contributed by atoms with Gasteiger partial charge < -0.3 is 10.4 Å². The van der Waals surface area contributed by atoms with Crippen LogP contribution >= 0.6 is 0 Å². The lowest BCUT2D eigenvalue weighted by Gasteiger charge is -2.24. The predicted molar refractivity (Wildman–Crippen MR) is 51.6 cm³/mol. The van der Waals surface area contributed by atoms with E-state index in [4.69, 9.17) is 5.11 Å². The Morgan fingerprint density at radius 2 is 2.38 bits per heavy atom. The molecule has 0 aromatic carbocycles. The van der Waals surface area contributed by atoms with Gasteiger partial charge in [-0.25, -0.2) is 4.79 Å². The molecular formula is C10H17NO2. The van der Waals surface area contributed by atoms with Crippen LogP contribution in [0.25, 0.3) is 0 Å². The molecule has 1 fully saturated rings. The van der Waals surface area contributed by atoms with E-state index >= 15 is 0 Å². The standard InChI is InChI=1S/C10H17NO2/c1-3-8(10(12)13)9-4-5-11-6-7(9)2/h7,11H,3-6H2,1-2H3,(H,12,13)/b9-8+. The lowest BCUT2D eigenvalue weighted by Crippen LogP contribution is -2.31. The van der Waals surface area contributed by atoms with Crippen LogP contribution < -0.4 is 5.32 Å². The second-order valence-corrected chi connectivity index (χ2v) is 3.52. The van der Waals surface area contributed by atoms with Crippen molar-refractivity contribution in [2.45, 2.75) is 26.7 Å². The zero-order valence-corrected chi connectivity index (χ0v) is 8.26. The molecule has 0 aromatic rings. The molecule has 0 bridgehead atoms. The molecule has 0 aliphatic carbocycles. The Morgan fingerprint density at radius 3 is 2.85 bits per heavy atom. The molecule has 1 heterocycles. The molecule has 74 valence electrons. The minimum atomic E-state index is -0.744. The monoisotopic (exact) mass is 183 g/mol. The van der Waals surface area contributed by atoms with Crippen LogP contribution in [0.1, 0.15) is 26.7 Å². The van der Waals surface area contributed by atoms with E-state index in [9.17, 15) is 4.79 Å². The second kappa shape index (κ2) is 4.42. The van der Waals surface area contributed by atoms with Crippen LogP contribution in [-0.2, 0) is 4.79 Å². The van der Waals surface area contributed by atoms with Crippen LogP contribution in [0.5, 0.6) is 0 Å². The fourth-order valence-electron chi connectivity index (χ4n) is 1.88. The third-order valence-electron chi connectivity index (χ3n) is 2.62. The number of rotatable bonds is 2. The number of hydrogen-bond acceptors (Lipinski definition) is 2. The number of piperidine rings is 1. The fourth-order valence-corrected chi connectivity index (χ4v) is 1.88. The van der Waals surface area contributed by atoms with Crippen LogP contribution in [0.3, 0.4) is 0 Å². The first kappa shape index (κ1) is 10.3. The molecule has 1 saturated heterocycles. The zero-order chi connectivity index (χ0) is 9.84. The van der Waals surface area contributed by atoms with Crippen molar-refractivity contribution < 1.29 is 9.90 Å². The number of carboxylic acid groups (broad SMARTS) is 1. The van der Waals surface area contributed by atoms with E-state index in [2.05, 4.69) is 12.2 Å². The maximum atomic E-state index is 10.9. The van der Waals surface area contributed by atoms with E-state index in [0.29, 0.717) is 17.9 Å². The number of carbonyl (C=O) groups is 1. The van der Waals surface area contributed by atoms with Crippen LogP contribution in [-0.4, -0.2) is 24.2 Å². The molecule has 1 atom stereocenters. The molecule has 2 N–H and O–H groups in total. The minimum absolute atomic E-state index is 0.375. The summed E-state index contributed by atoms with van der Waals surface area (Å²) in [5, 5.41) is 12.2. The number of aliphatic carboxylic acids is 1. The highest BCUT2D eigenvalue weighted by molar-refractivity contribution is 5.87. The molecule has 0 saturated carbocycles. The molecule has 0 spiro atoms. The summed E-state index contributed by atoms with van der Waals surface area (Å²) in [5.74, 6) is -0.369. The van der Waals surface area contributed by atoms with E-state index in [1.54, 1.807) is 0 Å². The molecule has 1 rings (SSSR count). The van der Waals surface area contributed by atoms with Gasteiger partial charge in [0.15, 0.2) is 0 Å². The van der Waals surface area contributed by atoms with Crippen molar-refractivity contribution in [3.05, 3.63) is 11.1 Å². The van der Waals surface area contributed by atoms with Gasteiger partial charge in [-0.05, 0) is 25.3 Å². The molecule has 0 amide bonds. The van der Waals surface area contributed by atoms with Crippen molar-refractivity contribution in [2.24, 2.45) is 5.92 Å². The topological polar surface area (TPSA) is 49.3 Å². The maximum Gasteiger partial charge on any atom is 0.331 e. The third kappa shape index (κ3) is 2.31. The largest absolute Gasteiger partial charge is 0.478 e. The van der Waals surface area contributed by atoms with Gasteiger partial charge in [0.1, 0.15) is 0 Å². The summed E-state index contributed by atoms with van der Waals surface area (Å²) in [6.45, 7) is 5.81. The SMILES string of the molecule is CC/C(C(=O)O)=C1/CCNCC1C. The van der Waals surface area contributed by atoms with Gasteiger partial charge in [-0.3, -0.25) is 0 Å². The molecular weight excluding hydrogens is 166 g/mol. The Balaban J connectivity index is 2.89. The van der Waals surface area contributed by atoms with Crippen molar-refractivity contribution >= 4 is 5.97 Å². The normalized spacial score (nSPS) is 27.1. The van der Waals surface area contributed by atoms with Crippen molar-refractivity contribution in [3.8, 4) is 0 Å². The summed E-state index contributed by atoms with van der Waals surface area (Å²) in [6, 6.07) is 0. The lowest BCUT2D eigenvalue weighted by atomic mass is 9.89. The quantitative estimate of drug-likeness (QED) is 0.636. The van der Waals surface area contributed by atoms with Gasteiger partial charge >= 0.3 is 5.97 Å². The number of carboxylic acids is 1. The van der Waals surface area contributed by atoms with Crippen LogP contribution in [0.2, 0.25) is 0 Å². The van der Waals surface area contributed by atoms with Crippen LogP contribution in [0.15, 0.2) is 11.1 Å². The Bertz CT molecular complexity index is 233. The third-order valence-corrected chi connectivity index (χ3v) is 2.62. The van der Waals surface area contributed by atoms with Gasteiger partial charge in [-0.1, -0.05) is 19.4 Å². The van der Waals surface area contributed by atoms with Crippen LogP contribution in [0.4, 0.5) is 0 Å². The minimum Gasteiger partial charge on any atom is -0.478 e. The smallest absolute Gasteiger partial charge is 0.331 e. The summed E-state index contributed by atoms with van der Waals surface area (Å²) in [7, 11) is 0. The summed E-state index contributed by atoms with van der Waals surface area (Å²) in [5.41, 5.74) is 1.75. The van der Waals surface area contributed by atoms with Crippen molar-refractivity contribution in [1.82, 2.24) is 5.32 Å². The first-order valence-corrected chi connectivity index (χ1v) is 4.82. The summed E-state index contributed by atoms with van der Waals surface area (Å²) in [4.78, 5) is 10.9. The molecule has 1 unspecified atom stereocenters. The lowest BCUT2D eigenvalue weighted by molar-refractivity contribution is -0.132. The van der Waals surface area contributed by atoms with Gasteiger partial charge in [0.2, 0.25) is 0 Å². The second-order valence-electron chi connectivity index (χ2n) is 3.52. The van der Waals surface area contributed by atoms with Gasteiger partial charge in [-0.15, -0.1) is 0 Å². The van der Waals surface area contributed by atoms with Crippen molar-refractivity contribution in [2.75, 3.05) is 13.1 Å². The van der Waals surface area contributed by atoms with E-state index in [-0.39, 0.29) is 0 Å². The van der Waals surface area contributed by atoms with Gasteiger partial charge in [0.05, 0.1) is 0 Å². The molecule has 1 aliphatic rings. The van der Waals surface area contributed by atoms with E-state index < -0.39 is 5.97 Å². The Kier molecular flexibility index (Phi) is 3.48. The van der Waals surface area contributed by atoms with Crippen molar-refractivity contribution in [3.63, 3.8) is 0 Å². The average Bonchev–Trinajstić information content (AvgIpc) is 2.09. The van der Waals surface area contributed by atoms with E-state index in [1.807, 2.05) is 6.92 Å². The van der Waals surface area contributed by atoms with Crippen molar-refractivity contribution in [1.29, 1.82) is 0 Å². The Labute approximate surface area is 78.8 Å². The zero-order valence-electron chi connectivity index (χ0n) is 8.26. The Morgan fingerprint density at radius 1 is 1.69 bits per heavy atom. The summed E-state index contributed by atoms with van der Waals surface area (Å²) in [6.07, 6.45) is 1.52. The van der Waals surface area contributed by atoms with Gasteiger partial charge in [-0.2, -0.15) is 0 Å². The molecule has 3 heteroatoms. The molecule has 0 aromatic heterocycles. The molecule has 1 aliphatic heterocycles. The summed E-state index contributed by atoms with van der Waals surface area (Å²) < 4.78 is 0. The molecule has 13 heavy (non-hydrogen) atoms. The average molecular weight is 183 g/mol. The predicted octanol–water partition coefficient (Wildman–Crippen LogP) is 1.41. The highest BCUT2D eigenvalue weighted by Crippen LogP contribution is 2.23. The first-order chi connectivity index (χ1) is 6.16. The summed E-state index contributed by atoms with van der Waals surface area (Å²) >= 11 is 0. The van der Waals surface area contributed by atoms with E-state index in [1.165, 1.54) is 0 Å². The highest BCUT2D eigenvalue weighted by atomic mass is 16.4. The first-order valence-electron chi connectivity index (χ1n) is 4.82. The van der Waals surface area contributed by atoms with Crippen LogP contribution in [0, 0.1) is 5.92 Å². The van der Waals surface area contributed by atoms with Gasteiger partial charge in [0, 0.05) is 12.1 Å². The number of hydrogen-bond donors (Lipinski definition) is 2.